The molecule has 1 aromatic carbocycles. The molecule has 1 heterocycles. The first-order chi connectivity index (χ1) is 11.9. The molecule has 1 aromatic rings. The summed E-state index contributed by atoms with van der Waals surface area (Å²) in [5, 5.41) is 5.54. The Bertz CT molecular complexity index is 680. The summed E-state index contributed by atoms with van der Waals surface area (Å²) in [4.78, 5) is 38.5. The van der Waals surface area contributed by atoms with Crippen molar-refractivity contribution in [1.82, 2.24) is 4.90 Å². The van der Waals surface area contributed by atoms with Gasteiger partial charge >= 0.3 is 0 Å². The van der Waals surface area contributed by atoms with Gasteiger partial charge in [-0.1, -0.05) is 6.92 Å². The standard InChI is InChI=1S/C19H25N3O3/c1-13-4-3-11-22(12-13)18(25)19(9-10-19)17(24)21-16-7-5-15(6-8-16)20-14(2)23/h5-8,13H,3-4,9-12H2,1-2H3,(H,20,23)(H,21,24). The van der Waals surface area contributed by atoms with Crippen molar-refractivity contribution in [3.63, 3.8) is 0 Å². The van der Waals surface area contributed by atoms with Crippen LogP contribution in [0, 0.1) is 11.3 Å². The Morgan fingerprint density at radius 3 is 2.20 bits per heavy atom. The maximum absolute atomic E-state index is 12.9. The molecule has 0 aromatic heterocycles. The van der Waals surface area contributed by atoms with Crippen LogP contribution in [-0.4, -0.2) is 35.7 Å². The number of likely N-dealkylation sites (tertiary alicyclic amines) is 1. The molecular weight excluding hydrogens is 318 g/mol. The number of nitrogens with one attached hydrogen (secondary N) is 2. The predicted molar refractivity (Wildman–Crippen MR) is 96.0 cm³/mol. The monoisotopic (exact) mass is 343 g/mol. The number of amides is 3. The third kappa shape index (κ3) is 3.83. The number of rotatable bonds is 4. The molecule has 0 bridgehead atoms. The maximum Gasteiger partial charge on any atom is 0.240 e. The number of carbonyl (C=O) groups is 3. The van der Waals surface area contributed by atoms with Gasteiger partial charge in [-0.15, -0.1) is 0 Å². The Morgan fingerprint density at radius 1 is 1.08 bits per heavy atom. The average Bonchev–Trinajstić information content (AvgIpc) is 3.37. The van der Waals surface area contributed by atoms with Crippen LogP contribution in [0.15, 0.2) is 24.3 Å². The molecule has 25 heavy (non-hydrogen) atoms. The summed E-state index contributed by atoms with van der Waals surface area (Å²) in [5.74, 6) is 0.113. The van der Waals surface area contributed by atoms with Gasteiger partial charge in [-0.25, -0.2) is 0 Å². The minimum atomic E-state index is -0.882. The van der Waals surface area contributed by atoms with Crippen LogP contribution in [0.1, 0.15) is 39.5 Å². The van der Waals surface area contributed by atoms with Gasteiger partial charge in [-0.3, -0.25) is 14.4 Å². The summed E-state index contributed by atoms with van der Waals surface area (Å²) >= 11 is 0. The second-order valence-corrected chi connectivity index (χ2v) is 7.29. The fraction of sp³-hybridized carbons (Fsp3) is 0.526. The number of hydrogen-bond donors (Lipinski definition) is 2. The van der Waals surface area contributed by atoms with Gasteiger partial charge in [0.1, 0.15) is 5.41 Å². The molecule has 2 fully saturated rings. The van der Waals surface area contributed by atoms with E-state index in [-0.39, 0.29) is 17.7 Å². The molecule has 3 rings (SSSR count). The van der Waals surface area contributed by atoms with Gasteiger partial charge in [0.2, 0.25) is 17.7 Å². The Balaban J connectivity index is 1.64. The normalized spacial score (nSPS) is 21.4. The number of benzene rings is 1. The number of anilines is 2. The lowest BCUT2D eigenvalue weighted by Gasteiger charge is -2.33. The molecule has 6 nitrogen and oxygen atoms in total. The van der Waals surface area contributed by atoms with Crippen LogP contribution < -0.4 is 10.6 Å². The highest BCUT2D eigenvalue weighted by atomic mass is 16.2. The van der Waals surface area contributed by atoms with E-state index in [4.69, 9.17) is 0 Å². The van der Waals surface area contributed by atoms with E-state index in [0.29, 0.717) is 30.1 Å². The van der Waals surface area contributed by atoms with Crippen LogP contribution in [0.5, 0.6) is 0 Å². The SMILES string of the molecule is CC(=O)Nc1ccc(NC(=O)C2(C(=O)N3CCCC(C)C3)CC2)cc1. The summed E-state index contributed by atoms with van der Waals surface area (Å²) in [6.45, 7) is 5.10. The highest BCUT2D eigenvalue weighted by molar-refractivity contribution is 6.13. The first-order valence-corrected chi connectivity index (χ1v) is 8.89. The van der Waals surface area contributed by atoms with Gasteiger partial charge in [0.15, 0.2) is 0 Å². The molecule has 1 saturated carbocycles. The Labute approximate surface area is 148 Å². The van der Waals surface area contributed by atoms with Crippen molar-refractivity contribution in [2.75, 3.05) is 23.7 Å². The van der Waals surface area contributed by atoms with Crippen LogP contribution in [-0.2, 0) is 14.4 Å². The highest BCUT2D eigenvalue weighted by Crippen LogP contribution is 2.48. The first kappa shape index (κ1) is 17.5. The molecule has 134 valence electrons. The van der Waals surface area contributed by atoms with Gasteiger partial charge in [-0.05, 0) is 55.9 Å². The van der Waals surface area contributed by atoms with Crippen molar-refractivity contribution >= 4 is 29.1 Å². The topological polar surface area (TPSA) is 78.5 Å². The van der Waals surface area contributed by atoms with Crippen LogP contribution in [0.25, 0.3) is 0 Å². The minimum Gasteiger partial charge on any atom is -0.342 e. The van der Waals surface area contributed by atoms with Crippen molar-refractivity contribution < 1.29 is 14.4 Å². The second kappa shape index (κ2) is 6.86. The van der Waals surface area contributed by atoms with E-state index in [1.54, 1.807) is 24.3 Å². The van der Waals surface area contributed by atoms with Crippen molar-refractivity contribution in [2.24, 2.45) is 11.3 Å². The number of piperidine rings is 1. The fourth-order valence-electron chi connectivity index (χ4n) is 3.43. The van der Waals surface area contributed by atoms with Crippen molar-refractivity contribution in [3.05, 3.63) is 24.3 Å². The lowest BCUT2D eigenvalue weighted by atomic mass is 9.96. The quantitative estimate of drug-likeness (QED) is 0.825. The minimum absolute atomic E-state index is 0.0218. The summed E-state index contributed by atoms with van der Waals surface area (Å²) in [6, 6.07) is 6.91. The van der Waals surface area contributed by atoms with Gasteiger partial charge < -0.3 is 15.5 Å². The molecule has 2 aliphatic rings. The molecular formula is C19H25N3O3. The maximum atomic E-state index is 12.9. The molecule has 2 N–H and O–H groups in total. The fourth-order valence-corrected chi connectivity index (χ4v) is 3.43. The van der Waals surface area contributed by atoms with Crippen molar-refractivity contribution in [3.8, 4) is 0 Å². The van der Waals surface area contributed by atoms with E-state index < -0.39 is 5.41 Å². The predicted octanol–water partition coefficient (Wildman–Crippen LogP) is 2.62. The summed E-state index contributed by atoms with van der Waals surface area (Å²) < 4.78 is 0. The summed E-state index contributed by atoms with van der Waals surface area (Å²) in [7, 11) is 0. The van der Waals surface area contributed by atoms with Gasteiger partial charge in [0, 0.05) is 31.4 Å². The van der Waals surface area contributed by atoms with Gasteiger partial charge in [0.25, 0.3) is 0 Å². The molecule has 0 radical (unpaired) electrons. The van der Waals surface area contributed by atoms with E-state index in [1.807, 2.05) is 4.90 Å². The summed E-state index contributed by atoms with van der Waals surface area (Å²) in [5.41, 5.74) is 0.420. The number of nitrogens with zero attached hydrogens (tertiary/aromatic N) is 1. The zero-order valence-electron chi connectivity index (χ0n) is 14.8. The van der Waals surface area contributed by atoms with E-state index >= 15 is 0 Å². The zero-order chi connectivity index (χ0) is 18.0. The van der Waals surface area contributed by atoms with Crippen LogP contribution >= 0.6 is 0 Å². The third-order valence-electron chi connectivity index (χ3n) is 5.00. The van der Waals surface area contributed by atoms with Crippen molar-refractivity contribution in [1.29, 1.82) is 0 Å². The Morgan fingerprint density at radius 2 is 1.68 bits per heavy atom. The Hall–Kier alpha value is -2.37. The van der Waals surface area contributed by atoms with Gasteiger partial charge in [0.05, 0.1) is 0 Å². The largest absolute Gasteiger partial charge is 0.342 e. The van der Waals surface area contributed by atoms with Crippen LogP contribution in [0.4, 0.5) is 11.4 Å². The third-order valence-corrected chi connectivity index (χ3v) is 5.00. The summed E-state index contributed by atoms with van der Waals surface area (Å²) in [6.07, 6.45) is 3.39. The van der Waals surface area contributed by atoms with Crippen LogP contribution in [0.3, 0.4) is 0 Å². The van der Waals surface area contributed by atoms with Gasteiger partial charge in [-0.2, -0.15) is 0 Å². The molecule has 0 spiro atoms. The van der Waals surface area contributed by atoms with E-state index in [2.05, 4.69) is 17.6 Å². The lowest BCUT2D eigenvalue weighted by Crippen LogP contribution is -2.46. The smallest absolute Gasteiger partial charge is 0.240 e. The second-order valence-electron chi connectivity index (χ2n) is 7.29. The molecule has 1 aliphatic heterocycles. The number of carbonyl (C=O) groups excluding carboxylic acids is 3. The van der Waals surface area contributed by atoms with E-state index in [0.717, 1.165) is 25.9 Å². The molecule has 3 amide bonds. The molecule has 1 aliphatic carbocycles. The van der Waals surface area contributed by atoms with Crippen molar-refractivity contribution in [2.45, 2.75) is 39.5 Å². The van der Waals surface area contributed by atoms with Crippen LogP contribution in [0.2, 0.25) is 0 Å². The zero-order valence-corrected chi connectivity index (χ0v) is 14.8. The lowest BCUT2D eigenvalue weighted by molar-refractivity contribution is -0.143. The average molecular weight is 343 g/mol. The molecule has 1 saturated heterocycles. The Kier molecular flexibility index (Phi) is 4.79. The highest BCUT2D eigenvalue weighted by Gasteiger charge is 2.58. The van der Waals surface area contributed by atoms with E-state index in [1.165, 1.54) is 6.92 Å². The molecule has 6 heteroatoms. The molecule has 1 atom stereocenters. The molecule has 1 unspecified atom stereocenters. The van der Waals surface area contributed by atoms with E-state index in [9.17, 15) is 14.4 Å². The number of hydrogen-bond acceptors (Lipinski definition) is 3. The first-order valence-electron chi connectivity index (χ1n) is 8.89.